The fourth-order valence-corrected chi connectivity index (χ4v) is 3.20. The molecule has 7 heteroatoms. The minimum Gasteiger partial charge on any atom is -0.325 e. The van der Waals surface area contributed by atoms with Crippen LogP contribution in [-0.4, -0.2) is 11.8 Å². The molecule has 2 amide bonds. The number of amides is 2. The molecule has 1 aliphatic rings. The van der Waals surface area contributed by atoms with Gasteiger partial charge in [0.2, 0.25) is 11.8 Å². The predicted octanol–water partition coefficient (Wildman–Crippen LogP) is 4.93. The van der Waals surface area contributed by atoms with Gasteiger partial charge in [0.05, 0.1) is 11.3 Å². The Morgan fingerprint density at radius 3 is 2.25 bits per heavy atom. The van der Waals surface area contributed by atoms with Crippen molar-refractivity contribution < 1.29 is 22.8 Å². The summed E-state index contributed by atoms with van der Waals surface area (Å²) in [6.07, 6.45) is -3.30. The minimum absolute atomic E-state index is 0.298. The lowest BCUT2D eigenvalue weighted by atomic mass is 10.0. The Bertz CT molecular complexity index is 918. The van der Waals surface area contributed by atoms with Crippen LogP contribution in [0.2, 0.25) is 0 Å². The summed E-state index contributed by atoms with van der Waals surface area (Å²) in [7, 11) is 0. The van der Waals surface area contributed by atoms with Gasteiger partial charge in [0.25, 0.3) is 0 Å². The highest BCUT2D eigenvalue weighted by Crippen LogP contribution is 2.48. The minimum atomic E-state index is -4.60. The van der Waals surface area contributed by atoms with E-state index in [0.717, 1.165) is 17.2 Å². The lowest BCUT2D eigenvalue weighted by molar-refractivity contribution is -0.137. The molecule has 0 radical (unpaired) electrons. The second-order valence-electron chi connectivity index (χ2n) is 7.00. The van der Waals surface area contributed by atoms with Gasteiger partial charge in [-0.25, -0.2) is 0 Å². The van der Waals surface area contributed by atoms with Crippen molar-refractivity contribution in [1.29, 1.82) is 0 Å². The summed E-state index contributed by atoms with van der Waals surface area (Å²) in [5, 5.41) is 5.13. The van der Waals surface area contributed by atoms with Gasteiger partial charge < -0.3 is 10.6 Å². The number of para-hydroxylation sites is 2. The van der Waals surface area contributed by atoms with E-state index in [1.165, 1.54) is 18.2 Å². The van der Waals surface area contributed by atoms with E-state index in [0.29, 0.717) is 24.9 Å². The summed E-state index contributed by atoms with van der Waals surface area (Å²) in [4.78, 5) is 25.5. The molecule has 2 aromatic rings. The molecule has 148 valence electrons. The summed E-state index contributed by atoms with van der Waals surface area (Å²) < 4.78 is 39.5. The number of rotatable bonds is 5. The zero-order chi connectivity index (χ0) is 20.5. The van der Waals surface area contributed by atoms with Crippen LogP contribution in [0.1, 0.15) is 36.5 Å². The fraction of sp³-hybridized carbons (Fsp3) is 0.333. The van der Waals surface area contributed by atoms with E-state index in [1.54, 1.807) is 0 Å². The number of alkyl halides is 3. The van der Waals surface area contributed by atoms with E-state index in [9.17, 15) is 22.8 Å². The van der Waals surface area contributed by atoms with Crippen molar-refractivity contribution in [3.05, 3.63) is 59.2 Å². The van der Waals surface area contributed by atoms with Crippen molar-refractivity contribution in [2.45, 2.75) is 39.3 Å². The molecule has 4 nitrogen and oxygen atoms in total. The molecular weight excluding hydrogens is 369 g/mol. The van der Waals surface area contributed by atoms with Gasteiger partial charge in [-0.15, -0.1) is 0 Å². The number of hydrogen-bond acceptors (Lipinski definition) is 2. The largest absolute Gasteiger partial charge is 0.418 e. The van der Waals surface area contributed by atoms with E-state index >= 15 is 0 Å². The van der Waals surface area contributed by atoms with Gasteiger partial charge in [-0.3, -0.25) is 9.59 Å². The fourth-order valence-electron chi connectivity index (χ4n) is 3.20. The molecule has 1 fully saturated rings. The second-order valence-corrected chi connectivity index (χ2v) is 7.00. The molecular formula is C21H21F3N2O2. The Balaban J connectivity index is 1.81. The molecule has 0 saturated heterocycles. The smallest absolute Gasteiger partial charge is 0.325 e. The first-order chi connectivity index (χ1) is 13.2. The van der Waals surface area contributed by atoms with Gasteiger partial charge >= 0.3 is 6.18 Å². The topological polar surface area (TPSA) is 58.2 Å². The molecule has 2 N–H and O–H groups in total. The van der Waals surface area contributed by atoms with E-state index in [-0.39, 0.29) is 5.69 Å². The average Bonchev–Trinajstić information content (AvgIpc) is 3.45. The highest BCUT2D eigenvalue weighted by molar-refractivity contribution is 6.17. The number of nitrogens with one attached hydrogen (secondary N) is 2. The predicted molar refractivity (Wildman–Crippen MR) is 101 cm³/mol. The first-order valence-corrected chi connectivity index (χ1v) is 9.06. The Kier molecular flexibility index (Phi) is 5.19. The third-order valence-electron chi connectivity index (χ3n) is 5.08. The normalized spacial score (nSPS) is 15.0. The molecule has 28 heavy (non-hydrogen) atoms. The van der Waals surface area contributed by atoms with Crippen molar-refractivity contribution in [3.63, 3.8) is 0 Å². The maximum atomic E-state index is 13.2. The standard InChI is InChI=1S/C21H21F3N2O2/c1-3-14-8-6-7-13(2)17(14)26-19(28)20(11-12-20)18(27)25-16-10-5-4-9-15(16)21(22,23)24/h4-10H,3,11-12H2,1-2H3,(H,25,27)(H,26,28). The monoisotopic (exact) mass is 390 g/mol. The molecule has 1 saturated carbocycles. The van der Waals surface area contributed by atoms with Gasteiger partial charge in [-0.2, -0.15) is 13.2 Å². The SMILES string of the molecule is CCc1cccc(C)c1NC(=O)C1(C(=O)Nc2ccccc2C(F)(F)F)CC1. The molecule has 1 aliphatic carbocycles. The number of halogens is 3. The van der Waals surface area contributed by atoms with Gasteiger partial charge in [0, 0.05) is 5.69 Å². The van der Waals surface area contributed by atoms with Crippen LogP contribution in [0.5, 0.6) is 0 Å². The molecule has 0 unspecified atom stereocenters. The number of hydrogen-bond donors (Lipinski definition) is 2. The summed E-state index contributed by atoms with van der Waals surface area (Å²) in [5.74, 6) is -1.20. The van der Waals surface area contributed by atoms with Crippen LogP contribution in [-0.2, 0) is 22.2 Å². The molecule has 0 heterocycles. The van der Waals surface area contributed by atoms with E-state index in [4.69, 9.17) is 0 Å². The zero-order valence-corrected chi connectivity index (χ0v) is 15.6. The molecule has 0 aliphatic heterocycles. The van der Waals surface area contributed by atoms with Crippen molar-refractivity contribution >= 4 is 23.2 Å². The number of benzene rings is 2. The van der Waals surface area contributed by atoms with Crippen LogP contribution in [0.4, 0.5) is 24.5 Å². The average molecular weight is 390 g/mol. The van der Waals surface area contributed by atoms with Crippen LogP contribution >= 0.6 is 0 Å². The summed E-state index contributed by atoms with van der Waals surface area (Å²) in [5.41, 5.74) is -0.162. The lowest BCUT2D eigenvalue weighted by Crippen LogP contribution is -2.36. The molecule has 2 aromatic carbocycles. The third-order valence-corrected chi connectivity index (χ3v) is 5.08. The highest BCUT2D eigenvalue weighted by atomic mass is 19.4. The van der Waals surface area contributed by atoms with E-state index < -0.39 is 29.0 Å². The van der Waals surface area contributed by atoms with Crippen molar-refractivity contribution in [3.8, 4) is 0 Å². The van der Waals surface area contributed by atoms with Gasteiger partial charge in [0.15, 0.2) is 0 Å². The van der Waals surface area contributed by atoms with Crippen LogP contribution < -0.4 is 10.6 Å². The van der Waals surface area contributed by atoms with E-state index in [2.05, 4.69) is 10.6 Å². The quantitative estimate of drug-likeness (QED) is 0.711. The second kappa shape index (κ2) is 7.30. The number of carbonyl (C=O) groups excluding carboxylic acids is 2. The molecule has 0 bridgehead atoms. The Morgan fingerprint density at radius 1 is 1.00 bits per heavy atom. The van der Waals surface area contributed by atoms with Crippen LogP contribution in [0.15, 0.2) is 42.5 Å². The Labute approximate surface area is 161 Å². The lowest BCUT2D eigenvalue weighted by Gasteiger charge is -2.20. The molecule has 0 aromatic heterocycles. The van der Waals surface area contributed by atoms with Crippen LogP contribution in [0.3, 0.4) is 0 Å². The molecule has 0 spiro atoms. The van der Waals surface area contributed by atoms with Crippen molar-refractivity contribution in [1.82, 2.24) is 0 Å². The zero-order valence-electron chi connectivity index (χ0n) is 15.6. The first-order valence-electron chi connectivity index (χ1n) is 9.06. The maximum Gasteiger partial charge on any atom is 0.418 e. The molecule has 3 rings (SSSR count). The van der Waals surface area contributed by atoms with Crippen molar-refractivity contribution in [2.24, 2.45) is 5.41 Å². The Morgan fingerprint density at radius 2 is 1.64 bits per heavy atom. The van der Waals surface area contributed by atoms with Gasteiger partial charge in [-0.1, -0.05) is 37.3 Å². The number of anilines is 2. The van der Waals surface area contributed by atoms with E-state index in [1.807, 2.05) is 32.0 Å². The van der Waals surface area contributed by atoms with Crippen LogP contribution in [0.25, 0.3) is 0 Å². The third kappa shape index (κ3) is 3.74. The number of carbonyl (C=O) groups is 2. The van der Waals surface area contributed by atoms with Gasteiger partial charge in [0.1, 0.15) is 5.41 Å². The summed E-state index contributed by atoms with van der Waals surface area (Å²) in [6, 6.07) is 10.4. The number of aryl methyl sites for hydroxylation is 2. The summed E-state index contributed by atoms with van der Waals surface area (Å²) in [6.45, 7) is 3.81. The first kappa shape index (κ1) is 19.9. The van der Waals surface area contributed by atoms with Crippen LogP contribution in [0, 0.1) is 12.3 Å². The maximum absolute atomic E-state index is 13.2. The van der Waals surface area contributed by atoms with Gasteiger partial charge in [-0.05, 0) is 49.4 Å². The summed E-state index contributed by atoms with van der Waals surface area (Å²) >= 11 is 0. The highest BCUT2D eigenvalue weighted by Gasteiger charge is 2.57. The Hall–Kier alpha value is -2.83. The van der Waals surface area contributed by atoms with Crippen molar-refractivity contribution in [2.75, 3.05) is 10.6 Å². The molecule has 0 atom stereocenters.